The van der Waals surface area contributed by atoms with Crippen molar-refractivity contribution in [1.29, 1.82) is 5.26 Å². The smallest absolute Gasteiger partial charge is 0.159 e. The van der Waals surface area contributed by atoms with Crippen LogP contribution in [0.1, 0.15) is 19.4 Å². The lowest BCUT2D eigenvalue weighted by Gasteiger charge is -2.29. The van der Waals surface area contributed by atoms with E-state index in [1.807, 2.05) is 41.4 Å². The molecule has 1 atom stereocenters. The molecular weight excluding hydrogens is 236 g/mol. The Kier molecular flexibility index (Phi) is 3.52. The molecule has 3 heteroatoms. The van der Waals surface area contributed by atoms with Crippen molar-refractivity contribution in [3.63, 3.8) is 0 Å². The molecule has 2 rings (SSSR count). The summed E-state index contributed by atoms with van der Waals surface area (Å²) in [5.74, 6) is -0.0635. The van der Waals surface area contributed by atoms with Gasteiger partial charge < -0.3 is 4.90 Å². The number of nitriles is 1. The van der Waals surface area contributed by atoms with Crippen LogP contribution in [0, 0.1) is 16.7 Å². The monoisotopic (exact) mass is 252 g/mol. The third-order valence-electron chi connectivity index (χ3n) is 3.27. The van der Waals surface area contributed by atoms with Gasteiger partial charge in [-0.1, -0.05) is 30.3 Å². The van der Waals surface area contributed by atoms with Crippen molar-refractivity contribution < 1.29 is 4.79 Å². The molecule has 0 aromatic heterocycles. The third-order valence-corrected chi connectivity index (χ3v) is 3.27. The van der Waals surface area contributed by atoms with Crippen LogP contribution < -0.4 is 0 Å². The molecule has 1 aromatic rings. The van der Waals surface area contributed by atoms with E-state index in [4.69, 9.17) is 0 Å². The molecule has 1 heterocycles. The fraction of sp³-hybridized carbons (Fsp3) is 0.250. The van der Waals surface area contributed by atoms with E-state index < -0.39 is 5.41 Å². The summed E-state index contributed by atoms with van der Waals surface area (Å²) in [6.45, 7) is 3.95. The van der Waals surface area contributed by atoms with Crippen LogP contribution in [0.3, 0.4) is 0 Å². The molecule has 0 amide bonds. The van der Waals surface area contributed by atoms with Crippen LogP contribution in [-0.4, -0.2) is 10.7 Å². The summed E-state index contributed by atoms with van der Waals surface area (Å²) < 4.78 is 0. The third kappa shape index (κ3) is 2.74. The number of nitrogens with zero attached hydrogens (tertiary/aromatic N) is 2. The van der Waals surface area contributed by atoms with Crippen molar-refractivity contribution in [2.75, 3.05) is 0 Å². The van der Waals surface area contributed by atoms with Gasteiger partial charge in [0.25, 0.3) is 0 Å². The van der Waals surface area contributed by atoms with Crippen LogP contribution in [0.15, 0.2) is 54.4 Å². The summed E-state index contributed by atoms with van der Waals surface area (Å²) in [6, 6.07) is 12.2. The van der Waals surface area contributed by atoms with Crippen molar-refractivity contribution in [2.24, 2.45) is 5.41 Å². The lowest BCUT2D eigenvalue weighted by molar-refractivity contribution is -0.114. The van der Waals surface area contributed by atoms with Crippen LogP contribution in [0.2, 0.25) is 0 Å². The highest BCUT2D eigenvalue weighted by atomic mass is 16.1. The minimum absolute atomic E-state index is 0.0635. The van der Waals surface area contributed by atoms with Crippen LogP contribution in [0.4, 0.5) is 0 Å². The zero-order valence-corrected chi connectivity index (χ0v) is 11.1. The van der Waals surface area contributed by atoms with Crippen molar-refractivity contribution in [1.82, 2.24) is 4.90 Å². The van der Waals surface area contributed by atoms with Crippen LogP contribution >= 0.6 is 0 Å². The molecule has 0 N–H and O–H groups in total. The zero-order chi connectivity index (χ0) is 13.9. The second kappa shape index (κ2) is 5.11. The summed E-state index contributed by atoms with van der Waals surface area (Å²) in [6.07, 6.45) is 5.42. The Morgan fingerprint density at radius 2 is 2.05 bits per heavy atom. The van der Waals surface area contributed by atoms with Gasteiger partial charge in [0.2, 0.25) is 0 Å². The van der Waals surface area contributed by atoms with Gasteiger partial charge in [0.15, 0.2) is 5.78 Å². The maximum Gasteiger partial charge on any atom is 0.159 e. The first-order valence-electron chi connectivity index (χ1n) is 6.19. The number of allylic oxidation sites excluding steroid dienone is 2. The van der Waals surface area contributed by atoms with E-state index in [0.29, 0.717) is 12.1 Å². The lowest BCUT2D eigenvalue weighted by Crippen LogP contribution is -2.27. The Balaban J connectivity index is 2.25. The van der Waals surface area contributed by atoms with Gasteiger partial charge in [-0.05, 0) is 25.5 Å². The van der Waals surface area contributed by atoms with E-state index >= 15 is 0 Å². The van der Waals surface area contributed by atoms with E-state index in [1.165, 1.54) is 6.92 Å². The standard InChI is InChI=1S/C16H16N2O/c1-13(19)15-11-18(9-8-16(15,2)12-17)10-14-6-4-3-5-7-14/h3-9,11H,10H2,1-2H3/t16-/m0/s1. The SMILES string of the molecule is CC(=O)C1=CN(Cc2ccccc2)C=C[C@@]1(C)C#N. The molecule has 0 spiro atoms. The van der Waals surface area contributed by atoms with Crippen molar-refractivity contribution in [3.05, 3.63) is 59.9 Å². The maximum atomic E-state index is 11.7. The topological polar surface area (TPSA) is 44.1 Å². The van der Waals surface area contributed by atoms with Crippen molar-refractivity contribution in [2.45, 2.75) is 20.4 Å². The summed E-state index contributed by atoms with van der Waals surface area (Å²) >= 11 is 0. The fourth-order valence-electron chi connectivity index (χ4n) is 2.12. The first kappa shape index (κ1) is 13.1. The second-order valence-corrected chi connectivity index (χ2v) is 4.89. The van der Waals surface area contributed by atoms with Gasteiger partial charge in [0.05, 0.1) is 6.07 Å². The molecule has 0 saturated carbocycles. The number of benzene rings is 1. The fourth-order valence-corrected chi connectivity index (χ4v) is 2.12. The molecule has 3 nitrogen and oxygen atoms in total. The molecule has 0 aliphatic carbocycles. The number of hydrogen-bond acceptors (Lipinski definition) is 3. The minimum Gasteiger partial charge on any atom is -0.350 e. The van der Waals surface area contributed by atoms with E-state index in [0.717, 1.165) is 5.56 Å². The number of carbonyl (C=O) groups excluding carboxylic acids is 1. The molecule has 1 aliphatic rings. The highest BCUT2D eigenvalue weighted by Gasteiger charge is 2.32. The predicted octanol–water partition coefficient (Wildman–Crippen LogP) is 3.02. The quantitative estimate of drug-likeness (QED) is 0.830. The summed E-state index contributed by atoms with van der Waals surface area (Å²) in [5.41, 5.74) is 0.874. The van der Waals surface area contributed by atoms with Crippen LogP contribution in [-0.2, 0) is 11.3 Å². The Morgan fingerprint density at radius 3 is 2.63 bits per heavy atom. The van der Waals surface area contributed by atoms with E-state index in [1.54, 1.807) is 19.2 Å². The molecule has 19 heavy (non-hydrogen) atoms. The summed E-state index contributed by atoms with van der Waals surface area (Å²) in [4.78, 5) is 13.6. The largest absolute Gasteiger partial charge is 0.350 e. The summed E-state index contributed by atoms with van der Waals surface area (Å²) in [5, 5.41) is 9.23. The molecule has 0 radical (unpaired) electrons. The average Bonchev–Trinajstić information content (AvgIpc) is 2.42. The van der Waals surface area contributed by atoms with Gasteiger partial charge in [-0.25, -0.2) is 0 Å². The van der Waals surface area contributed by atoms with Gasteiger partial charge in [-0.15, -0.1) is 0 Å². The van der Waals surface area contributed by atoms with E-state index in [2.05, 4.69) is 6.07 Å². The van der Waals surface area contributed by atoms with Gasteiger partial charge in [-0.2, -0.15) is 5.26 Å². The lowest BCUT2D eigenvalue weighted by atomic mass is 9.80. The van der Waals surface area contributed by atoms with Gasteiger partial charge in [-0.3, -0.25) is 4.79 Å². The number of Topliss-reactive ketones (excluding diaryl/α,β-unsaturated/α-hetero) is 1. The molecule has 0 bridgehead atoms. The Hall–Kier alpha value is -2.34. The molecule has 0 saturated heterocycles. The normalized spacial score (nSPS) is 21.7. The maximum absolute atomic E-state index is 11.7. The van der Waals surface area contributed by atoms with Crippen molar-refractivity contribution >= 4 is 5.78 Å². The molecular formula is C16H16N2O. The Bertz CT molecular complexity index is 581. The van der Waals surface area contributed by atoms with Crippen molar-refractivity contribution in [3.8, 4) is 6.07 Å². The minimum atomic E-state index is -0.820. The number of carbonyl (C=O) groups is 1. The Morgan fingerprint density at radius 1 is 1.37 bits per heavy atom. The first-order valence-corrected chi connectivity index (χ1v) is 6.19. The highest BCUT2D eigenvalue weighted by molar-refractivity contribution is 5.95. The van der Waals surface area contributed by atoms with Gasteiger partial charge >= 0.3 is 0 Å². The number of ketones is 1. The van der Waals surface area contributed by atoms with E-state index in [-0.39, 0.29) is 5.78 Å². The van der Waals surface area contributed by atoms with Crippen LogP contribution in [0.5, 0.6) is 0 Å². The van der Waals surface area contributed by atoms with Gasteiger partial charge in [0.1, 0.15) is 5.41 Å². The highest BCUT2D eigenvalue weighted by Crippen LogP contribution is 2.32. The average molecular weight is 252 g/mol. The molecule has 0 fully saturated rings. The second-order valence-electron chi connectivity index (χ2n) is 4.89. The number of rotatable bonds is 3. The van der Waals surface area contributed by atoms with E-state index in [9.17, 15) is 10.1 Å². The zero-order valence-electron chi connectivity index (χ0n) is 11.1. The number of hydrogen-bond donors (Lipinski definition) is 0. The van der Waals surface area contributed by atoms with Gasteiger partial charge in [0, 0.05) is 24.5 Å². The van der Waals surface area contributed by atoms with Crippen LogP contribution in [0.25, 0.3) is 0 Å². The molecule has 96 valence electrons. The Labute approximate surface area is 113 Å². The molecule has 1 aliphatic heterocycles. The first-order chi connectivity index (χ1) is 9.05. The molecule has 1 aromatic carbocycles. The predicted molar refractivity (Wildman–Crippen MR) is 73.6 cm³/mol. The molecule has 0 unspecified atom stereocenters. The summed E-state index contributed by atoms with van der Waals surface area (Å²) in [7, 11) is 0.